The van der Waals surface area contributed by atoms with E-state index in [0.717, 1.165) is 6.07 Å². The SMILES string of the molecule is Fc1cc(-c2ccccc2F)c(-c2ccccc2F)cn1. The summed E-state index contributed by atoms with van der Waals surface area (Å²) < 4.78 is 41.4. The van der Waals surface area contributed by atoms with Crippen LogP contribution < -0.4 is 0 Å². The fraction of sp³-hybridized carbons (Fsp3) is 0. The van der Waals surface area contributed by atoms with E-state index in [2.05, 4.69) is 4.98 Å². The maximum atomic E-state index is 14.0. The van der Waals surface area contributed by atoms with Gasteiger partial charge in [-0.15, -0.1) is 0 Å². The van der Waals surface area contributed by atoms with Crippen molar-refractivity contribution in [3.05, 3.63) is 78.4 Å². The lowest BCUT2D eigenvalue weighted by molar-refractivity contribution is 0.583. The fourth-order valence-electron chi connectivity index (χ4n) is 2.23. The topological polar surface area (TPSA) is 12.9 Å². The molecule has 0 N–H and O–H groups in total. The highest BCUT2D eigenvalue weighted by Crippen LogP contribution is 2.34. The summed E-state index contributed by atoms with van der Waals surface area (Å²) in [5.74, 6) is -1.71. The minimum atomic E-state index is -0.742. The lowest BCUT2D eigenvalue weighted by Gasteiger charge is -2.11. The molecule has 0 saturated heterocycles. The number of halogens is 3. The second kappa shape index (κ2) is 5.40. The second-order valence-electron chi connectivity index (χ2n) is 4.51. The van der Waals surface area contributed by atoms with E-state index in [9.17, 15) is 13.2 Å². The first-order valence-corrected chi connectivity index (χ1v) is 6.32. The molecule has 104 valence electrons. The summed E-state index contributed by atoms with van der Waals surface area (Å²) in [6.45, 7) is 0. The highest BCUT2D eigenvalue weighted by Gasteiger charge is 2.15. The molecule has 0 saturated carbocycles. The van der Waals surface area contributed by atoms with Gasteiger partial charge >= 0.3 is 0 Å². The van der Waals surface area contributed by atoms with Gasteiger partial charge in [0.1, 0.15) is 11.6 Å². The molecular weight excluding hydrogens is 275 g/mol. The van der Waals surface area contributed by atoms with Crippen molar-refractivity contribution in [2.24, 2.45) is 0 Å². The van der Waals surface area contributed by atoms with E-state index in [4.69, 9.17) is 0 Å². The second-order valence-corrected chi connectivity index (χ2v) is 4.51. The summed E-state index contributed by atoms with van der Waals surface area (Å²) >= 11 is 0. The summed E-state index contributed by atoms with van der Waals surface area (Å²) in [6.07, 6.45) is 1.22. The number of hydrogen-bond acceptors (Lipinski definition) is 1. The van der Waals surface area contributed by atoms with Gasteiger partial charge in [0, 0.05) is 29.0 Å². The highest BCUT2D eigenvalue weighted by molar-refractivity contribution is 5.83. The van der Waals surface area contributed by atoms with E-state index in [0.29, 0.717) is 5.56 Å². The van der Waals surface area contributed by atoms with Crippen molar-refractivity contribution in [2.45, 2.75) is 0 Å². The van der Waals surface area contributed by atoms with E-state index in [-0.39, 0.29) is 16.7 Å². The van der Waals surface area contributed by atoms with Gasteiger partial charge in [0.2, 0.25) is 5.95 Å². The predicted octanol–water partition coefficient (Wildman–Crippen LogP) is 4.83. The van der Waals surface area contributed by atoms with Crippen LogP contribution in [0.2, 0.25) is 0 Å². The molecule has 0 radical (unpaired) electrons. The minimum Gasteiger partial charge on any atom is -0.228 e. The van der Waals surface area contributed by atoms with E-state index < -0.39 is 17.6 Å². The Morgan fingerprint density at radius 3 is 1.71 bits per heavy atom. The molecule has 3 aromatic rings. The Kier molecular flexibility index (Phi) is 3.44. The van der Waals surface area contributed by atoms with E-state index in [1.165, 1.54) is 24.4 Å². The third kappa shape index (κ3) is 2.52. The molecule has 1 aromatic heterocycles. The summed E-state index contributed by atoms with van der Waals surface area (Å²) in [7, 11) is 0. The Labute approximate surface area is 119 Å². The lowest BCUT2D eigenvalue weighted by Crippen LogP contribution is -1.94. The molecule has 0 aliphatic heterocycles. The normalized spacial score (nSPS) is 10.6. The smallest absolute Gasteiger partial charge is 0.213 e. The third-order valence-corrected chi connectivity index (χ3v) is 3.20. The van der Waals surface area contributed by atoms with Crippen molar-refractivity contribution in [1.82, 2.24) is 4.98 Å². The first kappa shape index (κ1) is 13.4. The van der Waals surface area contributed by atoms with Crippen LogP contribution >= 0.6 is 0 Å². The van der Waals surface area contributed by atoms with Gasteiger partial charge in [0.15, 0.2) is 0 Å². The Balaban J connectivity index is 2.29. The van der Waals surface area contributed by atoms with Crippen LogP contribution in [0.15, 0.2) is 60.8 Å². The van der Waals surface area contributed by atoms with Crippen molar-refractivity contribution in [1.29, 1.82) is 0 Å². The Bertz CT molecular complexity index is 800. The van der Waals surface area contributed by atoms with E-state index in [1.807, 2.05) is 0 Å². The monoisotopic (exact) mass is 285 g/mol. The highest BCUT2D eigenvalue weighted by atomic mass is 19.1. The molecule has 0 aliphatic carbocycles. The van der Waals surface area contributed by atoms with Crippen molar-refractivity contribution >= 4 is 0 Å². The van der Waals surface area contributed by atoms with Gasteiger partial charge in [-0.1, -0.05) is 36.4 Å². The van der Waals surface area contributed by atoms with Gasteiger partial charge in [-0.3, -0.25) is 0 Å². The molecule has 0 spiro atoms. The molecule has 1 heterocycles. The van der Waals surface area contributed by atoms with Crippen LogP contribution in [0.4, 0.5) is 13.2 Å². The first-order chi connectivity index (χ1) is 10.2. The zero-order chi connectivity index (χ0) is 14.8. The van der Waals surface area contributed by atoms with E-state index in [1.54, 1.807) is 30.3 Å². The molecule has 0 fully saturated rings. The lowest BCUT2D eigenvalue weighted by atomic mass is 9.96. The van der Waals surface area contributed by atoms with E-state index >= 15 is 0 Å². The quantitative estimate of drug-likeness (QED) is 0.614. The number of benzene rings is 2. The van der Waals surface area contributed by atoms with Crippen molar-refractivity contribution in [3.8, 4) is 22.3 Å². The zero-order valence-corrected chi connectivity index (χ0v) is 10.9. The van der Waals surface area contributed by atoms with Crippen LogP contribution in [0.25, 0.3) is 22.3 Å². The fourth-order valence-corrected chi connectivity index (χ4v) is 2.23. The largest absolute Gasteiger partial charge is 0.228 e. The maximum Gasteiger partial charge on any atom is 0.213 e. The number of aromatic nitrogens is 1. The van der Waals surface area contributed by atoms with Crippen LogP contribution in [0.1, 0.15) is 0 Å². The molecule has 0 aliphatic rings. The molecule has 3 rings (SSSR count). The number of nitrogens with zero attached hydrogens (tertiary/aromatic N) is 1. The number of hydrogen-bond donors (Lipinski definition) is 0. The number of rotatable bonds is 2. The Hall–Kier alpha value is -2.62. The average Bonchev–Trinajstić information content (AvgIpc) is 2.49. The van der Waals surface area contributed by atoms with Crippen molar-refractivity contribution < 1.29 is 13.2 Å². The van der Waals surface area contributed by atoms with Gasteiger partial charge in [0.05, 0.1) is 0 Å². The van der Waals surface area contributed by atoms with Gasteiger partial charge in [-0.25, -0.2) is 13.8 Å². The molecule has 4 heteroatoms. The van der Waals surface area contributed by atoms with Crippen LogP contribution in [0, 0.1) is 17.6 Å². The van der Waals surface area contributed by atoms with Crippen LogP contribution in [0.3, 0.4) is 0 Å². The number of pyridine rings is 1. The molecule has 0 unspecified atom stereocenters. The summed E-state index contributed by atoms with van der Waals surface area (Å²) in [4.78, 5) is 3.56. The van der Waals surface area contributed by atoms with Crippen LogP contribution in [-0.2, 0) is 0 Å². The molecule has 0 bridgehead atoms. The third-order valence-electron chi connectivity index (χ3n) is 3.20. The van der Waals surface area contributed by atoms with Crippen molar-refractivity contribution in [3.63, 3.8) is 0 Å². The predicted molar refractivity (Wildman–Crippen MR) is 75.0 cm³/mol. The summed E-state index contributed by atoms with van der Waals surface area (Å²) in [6, 6.07) is 13.2. The Morgan fingerprint density at radius 2 is 1.14 bits per heavy atom. The van der Waals surface area contributed by atoms with Crippen molar-refractivity contribution in [2.75, 3.05) is 0 Å². The van der Waals surface area contributed by atoms with Gasteiger partial charge in [-0.05, 0) is 17.7 Å². The van der Waals surface area contributed by atoms with Gasteiger partial charge in [0.25, 0.3) is 0 Å². The summed E-state index contributed by atoms with van der Waals surface area (Å²) in [5.41, 5.74) is 1.07. The summed E-state index contributed by atoms with van der Waals surface area (Å²) in [5, 5.41) is 0. The molecule has 0 atom stereocenters. The zero-order valence-electron chi connectivity index (χ0n) is 10.9. The Morgan fingerprint density at radius 1 is 0.619 bits per heavy atom. The molecule has 0 amide bonds. The minimum absolute atomic E-state index is 0.206. The first-order valence-electron chi connectivity index (χ1n) is 6.32. The molecule has 21 heavy (non-hydrogen) atoms. The van der Waals surface area contributed by atoms with Crippen LogP contribution in [-0.4, -0.2) is 4.98 Å². The van der Waals surface area contributed by atoms with Crippen LogP contribution in [0.5, 0.6) is 0 Å². The maximum absolute atomic E-state index is 14.0. The average molecular weight is 285 g/mol. The standard InChI is InChI=1S/C17H10F3N/c18-15-7-3-1-5-11(15)13-9-17(20)21-10-14(13)12-6-2-4-8-16(12)19/h1-10H. The van der Waals surface area contributed by atoms with Gasteiger partial charge in [-0.2, -0.15) is 4.39 Å². The molecule has 1 nitrogen and oxygen atoms in total. The molecular formula is C17H10F3N. The van der Waals surface area contributed by atoms with Gasteiger partial charge < -0.3 is 0 Å². The molecule has 2 aromatic carbocycles.